The molecule has 1 aliphatic rings. The van der Waals surface area contributed by atoms with Crippen molar-refractivity contribution in [2.75, 3.05) is 0 Å². The molecule has 0 saturated carbocycles. The molecule has 2 aromatic rings. The van der Waals surface area contributed by atoms with E-state index in [-0.39, 0.29) is 11.7 Å². The van der Waals surface area contributed by atoms with Crippen LogP contribution in [0.3, 0.4) is 0 Å². The number of ketones is 1. The molecule has 102 valence electrons. The van der Waals surface area contributed by atoms with Crippen molar-refractivity contribution in [3.05, 3.63) is 58.7 Å². The van der Waals surface area contributed by atoms with E-state index in [2.05, 4.69) is 16.0 Å². The highest BCUT2D eigenvalue weighted by molar-refractivity contribution is 6.00. The lowest BCUT2D eigenvalue weighted by Crippen LogP contribution is -2.21. The maximum Gasteiger partial charge on any atom is 0.190 e. The molecule has 1 aliphatic carbocycles. The molecule has 0 spiro atoms. The topological polar surface area (TPSA) is 42.9 Å². The summed E-state index contributed by atoms with van der Waals surface area (Å²) in [5.74, 6) is -0.0176. The third kappa shape index (κ3) is 2.24. The summed E-state index contributed by atoms with van der Waals surface area (Å²) < 4.78 is 0. The molecule has 0 amide bonds. The van der Waals surface area contributed by atoms with Crippen molar-refractivity contribution < 1.29 is 4.79 Å². The average molecular weight is 266 g/mol. The van der Waals surface area contributed by atoms with Gasteiger partial charge >= 0.3 is 0 Å². The first-order chi connectivity index (χ1) is 9.66. The second-order valence-electron chi connectivity index (χ2n) is 5.54. The number of fused-ring (bicyclic) bond motifs is 1. The number of aryl methyl sites for hydroxylation is 3. The number of hydrogen-bond donors (Lipinski definition) is 0. The highest BCUT2D eigenvalue weighted by Crippen LogP contribution is 2.32. The molecular weight excluding hydrogens is 248 g/mol. The van der Waals surface area contributed by atoms with Gasteiger partial charge in [-0.25, -0.2) is 0 Å². The van der Waals surface area contributed by atoms with E-state index >= 15 is 0 Å². The fraction of sp³-hybridized carbons (Fsp3) is 0.353. The Kier molecular flexibility index (Phi) is 3.35. The van der Waals surface area contributed by atoms with Gasteiger partial charge in [0, 0.05) is 12.4 Å². The van der Waals surface area contributed by atoms with Crippen LogP contribution in [0.1, 0.15) is 51.6 Å². The van der Waals surface area contributed by atoms with Gasteiger partial charge in [0.1, 0.15) is 5.69 Å². The Labute approximate surface area is 119 Å². The van der Waals surface area contributed by atoms with Crippen LogP contribution in [0.15, 0.2) is 30.6 Å². The molecule has 0 fully saturated rings. The number of carbonyl (C=O) groups is 1. The summed E-state index contributed by atoms with van der Waals surface area (Å²) in [6.45, 7) is 3.95. The van der Waals surface area contributed by atoms with E-state index in [1.54, 1.807) is 12.4 Å². The molecule has 0 aliphatic heterocycles. The van der Waals surface area contributed by atoms with Crippen LogP contribution in [0.5, 0.6) is 0 Å². The minimum Gasteiger partial charge on any atom is -0.292 e. The first kappa shape index (κ1) is 13.0. The standard InChI is InChI=1S/C17H18N2O/c1-11-9-12(2)15(19-10-11)17(20)14-7-3-5-13-6-4-8-18-16(13)14/h4,6,8-10,14H,3,5,7H2,1-2H3. The Hall–Kier alpha value is -2.03. The molecule has 3 nitrogen and oxygen atoms in total. The summed E-state index contributed by atoms with van der Waals surface area (Å²) in [5, 5.41) is 0. The predicted molar refractivity (Wildman–Crippen MR) is 78.0 cm³/mol. The summed E-state index contributed by atoms with van der Waals surface area (Å²) in [4.78, 5) is 21.6. The lowest BCUT2D eigenvalue weighted by atomic mass is 9.82. The summed E-state index contributed by atoms with van der Waals surface area (Å²) in [6, 6.07) is 6.04. The monoisotopic (exact) mass is 266 g/mol. The van der Waals surface area contributed by atoms with Gasteiger partial charge in [-0.1, -0.05) is 12.1 Å². The van der Waals surface area contributed by atoms with Crippen LogP contribution in [0, 0.1) is 13.8 Å². The molecule has 20 heavy (non-hydrogen) atoms. The number of Topliss-reactive ketones (excluding diaryl/α,β-unsaturated/α-hetero) is 1. The summed E-state index contributed by atoms with van der Waals surface area (Å²) in [7, 11) is 0. The molecule has 2 aromatic heterocycles. The molecule has 1 unspecified atom stereocenters. The molecule has 0 aromatic carbocycles. The van der Waals surface area contributed by atoms with Crippen LogP contribution >= 0.6 is 0 Å². The number of pyridine rings is 2. The molecule has 0 N–H and O–H groups in total. The zero-order valence-electron chi connectivity index (χ0n) is 11.9. The predicted octanol–water partition coefficient (Wildman–Crippen LogP) is 3.40. The highest BCUT2D eigenvalue weighted by atomic mass is 16.1. The largest absolute Gasteiger partial charge is 0.292 e. The fourth-order valence-corrected chi connectivity index (χ4v) is 3.00. The number of rotatable bonds is 2. The van der Waals surface area contributed by atoms with Crippen LogP contribution in [0.4, 0.5) is 0 Å². The lowest BCUT2D eigenvalue weighted by Gasteiger charge is -2.23. The quantitative estimate of drug-likeness (QED) is 0.782. The maximum atomic E-state index is 12.8. The highest BCUT2D eigenvalue weighted by Gasteiger charge is 2.29. The summed E-state index contributed by atoms with van der Waals surface area (Å²) in [6.07, 6.45) is 6.48. The van der Waals surface area contributed by atoms with Crippen molar-refractivity contribution >= 4 is 5.78 Å². The number of aromatic nitrogens is 2. The van der Waals surface area contributed by atoms with Gasteiger partial charge < -0.3 is 0 Å². The Morgan fingerprint density at radius 2 is 2.15 bits per heavy atom. The van der Waals surface area contributed by atoms with Crippen LogP contribution in [-0.4, -0.2) is 15.8 Å². The Balaban J connectivity index is 2.00. The second kappa shape index (κ2) is 5.16. The van der Waals surface area contributed by atoms with E-state index in [9.17, 15) is 4.79 Å². The zero-order chi connectivity index (χ0) is 14.1. The average Bonchev–Trinajstić information content (AvgIpc) is 2.46. The molecule has 3 heteroatoms. The molecule has 2 heterocycles. The van der Waals surface area contributed by atoms with E-state index in [0.29, 0.717) is 5.69 Å². The van der Waals surface area contributed by atoms with Crippen molar-refractivity contribution in [2.24, 2.45) is 0 Å². The van der Waals surface area contributed by atoms with Gasteiger partial charge in [-0.05, 0) is 55.9 Å². The van der Waals surface area contributed by atoms with Gasteiger partial charge in [-0.2, -0.15) is 0 Å². The van der Waals surface area contributed by atoms with Gasteiger partial charge in [-0.3, -0.25) is 14.8 Å². The first-order valence-corrected chi connectivity index (χ1v) is 7.08. The normalized spacial score (nSPS) is 17.6. The van der Waals surface area contributed by atoms with Gasteiger partial charge in [0.2, 0.25) is 0 Å². The maximum absolute atomic E-state index is 12.8. The van der Waals surface area contributed by atoms with Crippen LogP contribution in [0.2, 0.25) is 0 Å². The summed E-state index contributed by atoms with van der Waals surface area (Å²) in [5.41, 5.74) is 4.80. The number of carbonyl (C=O) groups excluding carboxylic acids is 1. The Bertz CT molecular complexity index is 664. The summed E-state index contributed by atoms with van der Waals surface area (Å²) >= 11 is 0. The molecule has 0 saturated heterocycles. The van der Waals surface area contributed by atoms with E-state index in [4.69, 9.17) is 0 Å². The van der Waals surface area contributed by atoms with E-state index < -0.39 is 0 Å². The van der Waals surface area contributed by atoms with E-state index in [0.717, 1.165) is 36.1 Å². The molecule has 0 bridgehead atoms. The van der Waals surface area contributed by atoms with Gasteiger partial charge in [-0.15, -0.1) is 0 Å². The van der Waals surface area contributed by atoms with Crippen LogP contribution in [0.25, 0.3) is 0 Å². The van der Waals surface area contributed by atoms with E-state index in [1.165, 1.54) is 5.56 Å². The van der Waals surface area contributed by atoms with Crippen molar-refractivity contribution in [3.8, 4) is 0 Å². The minimum absolute atomic E-state index is 0.113. The molecule has 0 radical (unpaired) electrons. The van der Waals surface area contributed by atoms with Crippen LogP contribution < -0.4 is 0 Å². The number of hydrogen-bond acceptors (Lipinski definition) is 3. The van der Waals surface area contributed by atoms with Gasteiger partial charge in [0.15, 0.2) is 5.78 Å². The Morgan fingerprint density at radius 3 is 2.95 bits per heavy atom. The third-order valence-corrected chi connectivity index (χ3v) is 3.96. The molecule has 1 atom stereocenters. The fourth-order valence-electron chi connectivity index (χ4n) is 3.00. The second-order valence-corrected chi connectivity index (χ2v) is 5.54. The third-order valence-electron chi connectivity index (χ3n) is 3.96. The zero-order valence-corrected chi connectivity index (χ0v) is 11.9. The Morgan fingerprint density at radius 1 is 1.30 bits per heavy atom. The minimum atomic E-state index is -0.131. The molecule has 3 rings (SSSR count). The number of nitrogens with zero attached hydrogens (tertiary/aromatic N) is 2. The lowest BCUT2D eigenvalue weighted by molar-refractivity contribution is 0.0943. The smallest absolute Gasteiger partial charge is 0.190 e. The van der Waals surface area contributed by atoms with Crippen LogP contribution in [-0.2, 0) is 6.42 Å². The first-order valence-electron chi connectivity index (χ1n) is 7.08. The van der Waals surface area contributed by atoms with Crippen molar-refractivity contribution in [3.63, 3.8) is 0 Å². The van der Waals surface area contributed by atoms with Crippen molar-refractivity contribution in [1.29, 1.82) is 0 Å². The van der Waals surface area contributed by atoms with E-state index in [1.807, 2.05) is 26.0 Å². The molecular formula is C17H18N2O. The van der Waals surface area contributed by atoms with Crippen molar-refractivity contribution in [1.82, 2.24) is 9.97 Å². The van der Waals surface area contributed by atoms with Gasteiger partial charge in [0.25, 0.3) is 0 Å². The van der Waals surface area contributed by atoms with Crippen molar-refractivity contribution in [2.45, 2.75) is 39.0 Å². The SMILES string of the molecule is Cc1cnc(C(=O)C2CCCc3cccnc32)c(C)c1. The van der Waals surface area contributed by atoms with Gasteiger partial charge in [0.05, 0.1) is 11.6 Å².